The van der Waals surface area contributed by atoms with Crippen LogP contribution in [-0.4, -0.2) is 11.2 Å². The first-order valence-electron chi connectivity index (χ1n) is 5.41. The predicted molar refractivity (Wildman–Crippen MR) is 65.5 cm³/mol. The maximum absolute atomic E-state index is 9.43. The maximum atomic E-state index is 9.43. The number of hydrogen-bond donors (Lipinski definition) is 1. The van der Waals surface area contributed by atoms with Crippen molar-refractivity contribution in [1.82, 2.24) is 0 Å². The summed E-state index contributed by atoms with van der Waals surface area (Å²) < 4.78 is 0. The fourth-order valence-electron chi connectivity index (χ4n) is 1.32. The number of aliphatic hydroxyl groups is 1. The van der Waals surface area contributed by atoms with Crippen molar-refractivity contribution in [3.05, 3.63) is 54.1 Å². The van der Waals surface area contributed by atoms with Crippen molar-refractivity contribution in [2.45, 2.75) is 25.9 Å². The minimum Gasteiger partial charge on any atom is -0.389 e. The summed E-state index contributed by atoms with van der Waals surface area (Å²) in [7, 11) is 0. The number of aliphatic hydroxyl groups excluding tert-OH is 1. The van der Waals surface area contributed by atoms with Crippen LogP contribution in [0.2, 0.25) is 0 Å². The van der Waals surface area contributed by atoms with E-state index in [2.05, 4.69) is 6.92 Å². The van der Waals surface area contributed by atoms with Gasteiger partial charge >= 0.3 is 0 Å². The lowest BCUT2D eigenvalue weighted by atomic mass is 10.2. The highest BCUT2D eigenvalue weighted by molar-refractivity contribution is 5.50. The molecule has 0 fully saturated rings. The molecule has 1 aromatic carbocycles. The quantitative estimate of drug-likeness (QED) is 0.725. The SMILES string of the molecule is CCCC(O)/C=C/C=C/c1ccccc1. The molecule has 0 radical (unpaired) electrons. The summed E-state index contributed by atoms with van der Waals surface area (Å²) in [5.74, 6) is 0. The number of allylic oxidation sites excluding steroid dienone is 2. The van der Waals surface area contributed by atoms with E-state index in [1.165, 1.54) is 5.56 Å². The largest absolute Gasteiger partial charge is 0.389 e. The van der Waals surface area contributed by atoms with Crippen LogP contribution in [0.3, 0.4) is 0 Å². The minimum atomic E-state index is -0.310. The Morgan fingerprint density at radius 2 is 1.93 bits per heavy atom. The Balaban J connectivity index is 2.40. The van der Waals surface area contributed by atoms with Crippen LogP contribution in [0.4, 0.5) is 0 Å². The number of rotatable bonds is 5. The van der Waals surface area contributed by atoms with E-state index in [9.17, 15) is 5.11 Å². The average molecular weight is 202 g/mol. The molecule has 0 bridgehead atoms. The molecule has 0 heterocycles. The van der Waals surface area contributed by atoms with Crippen LogP contribution in [0.25, 0.3) is 6.08 Å². The standard InChI is InChI=1S/C14H18O/c1-2-8-14(15)12-7-6-11-13-9-4-3-5-10-13/h3-7,9-12,14-15H,2,8H2,1H3/b11-6+,12-7+. The van der Waals surface area contributed by atoms with Crippen LogP contribution in [-0.2, 0) is 0 Å². The molecule has 0 aliphatic carbocycles. The van der Waals surface area contributed by atoms with E-state index in [4.69, 9.17) is 0 Å². The molecule has 1 atom stereocenters. The van der Waals surface area contributed by atoms with Crippen molar-refractivity contribution < 1.29 is 5.11 Å². The van der Waals surface area contributed by atoms with Gasteiger partial charge in [0.05, 0.1) is 6.10 Å². The van der Waals surface area contributed by atoms with E-state index in [0.717, 1.165) is 12.8 Å². The topological polar surface area (TPSA) is 20.2 Å². The summed E-state index contributed by atoms with van der Waals surface area (Å²) in [4.78, 5) is 0. The van der Waals surface area contributed by atoms with Gasteiger partial charge in [-0.1, -0.05) is 68.0 Å². The molecule has 1 N–H and O–H groups in total. The first-order chi connectivity index (χ1) is 7.33. The van der Waals surface area contributed by atoms with Gasteiger partial charge in [-0.05, 0) is 12.0 Å². The predicted octanol–water partition coefficient (Wildman–Crippen LogP) is 3.42. The van der Waals surface area contributed by atoms with E-state index >= 15 is 0 Å². The molecule has 1 unspecified atom stereocenters. The molecule has 0 spiro atoms. The van der Waals surface area contributed by atoms with Gasteiger partial charge in [0.25, 0.3) is 0 Å². The highest BCUT2D eigenvalue weighted by Gasteiger charge is 1.93. The van der Waals surface area contributed by atoms with E-state index < -0.39 is 0 Å². The van der Waals surface area contributed by atoms with Gasteiger partial charge in [-0.2, -0.15) is 0 Å². The summed E-state index contributed by atoms with van der Waals surface area (Å²) >= 11 is 0. The van der Waals surface area contributed by atoms with Crippen LogP contribution in [0.15, 0.2) is 48.6 Å². The van der Waals surface area contributed by atoms with Crippen molar-refractivity contribution in [2.24, 2.45) is 0 Å². The number of hydrogen-bond acceptors (Lipinski definition) is 1. The summed E-state index contributed by atoms with van der Waals surface area (Å²) in [5.41, 5.74) is 1.17. The van der Waals surface area contributed by atoms with Crippen LogP contribution in [0.1, 0.15) is 25.3 Å². The molecule has 0 saturated carbocycles. The molecule has 15 heavy (non-hydrogen) atoms. The Morgan fingerprint density at radius 1 is 1.20 bits per heavy atom. The smallest absolute Gasteiger partial charge is 0.0723 e. The highest BCUT2D eigenvalue weighted by atomic mass is 16.3. The fraction of sp³-hybridized carbons (Fsp3) is 0.286. The minimum absolute atomic E-state index is 0.310. The van der Waals surface area contributed by atoms with Crippen LogP contribution in [0, 0.1) is 0 Å². The molecule has 1 rings (SSSR count). The molecular weight excluding hydrogens is 184 g/mol. The van der Waals surface area contributed by atoms with Crippen molar-refractivity contribution in [3.8, 4) is 0 Å². The van der Waals surface area contributed by atoms with Gasteiger partial charge in [0.2, 0.25) is 0 Å². The third-order valence-electron chi connectivity index (χ3n) is 2.12. The van der Waals surface area contributed by atoms with Crippen molar-refractivity contribution >= 4 is 6.08 Å². The van der Waals surface area contributed by atoms with Crippen LogP contribution in [0.5, 0.6) is 0 Å². The van der Waals surface area contributed by atoms with Crippen LogP contribution < -0.4 is 0 Å². The second-order valence-electron chi connectivity index (χ2n) is 3.51. The molecule has 1 aromatic rings. The molecular formula is C14H18O. The zero-order valence-electron chi connectivity index (χ0n) is 9.13. The van der Waals surface area contributed by atoms with Gasteiger partial charge in [-0.15, -0.1) is 0 Å². The normalized spacial score (nSPS) is 13.7. The van der Waals surface area contributed by atoms with E-state index in [1.807, 2.05) is 54.6 Å². The molecule has 0 aliphatic rings. The van der Waals surface area contributed by atoms with E-state index in [0.29, 0.717) is 0 Å². The summed E-state index contributed by atoms with van der Waals surface area (Å²) in [6.07, 6.45) is 9.22. The second-order valence-corrected chi connectivity index (χ2v) is 3.51. The monoisotopic (exact) mass is 202 g/mol. The highest BCUT2D eigenvalue weighted by Crippen LogP contribution is 2.02. The molecule has 0 aliphatic heterocycles. The summed E-state index contributed by atoms with van der Waals surface area (Å²) in [5, 5.41) is 9.43. The van der Waals surface area contributed by atoms with Crippen LogP contribution >= 0.6 is 0 Å². The van der Waals surface area contributed by atoms with Crippen molar-refractivity contribution in [1.29, 1.82) is 0 Å². The molecule has 0 saturated heterocycles. The molecule has 0 amide bonds. The van der Waals surface area contributed by atoms with Gasteiger partial charge in [-0.25, -0.2) is 0 Å². The third-order valence-corrected chi connectivity index (χ3v) is 2.12. The summed E-state index contributed by atoms with van der Waals surface area (Å²) in [6, 6.07) is 10.1. The Hall–Kier alpha value is -1.34. The van der Waals surface area contributed by atoms with Crippen molar-refractivity contribution in [3.63, 3.8) is 0 Å². The molecule has 0 aromatic heterocycles. The molecule has 80 valence electrons. The zero-order chi connectivity index (χ0) is 10.9. The van der Waals surface area contributed by atoms with E-state index in [-0.39, 0.29) is 6.10 Å². The Kier molecular flexibility index (Phi) is 5.49. The molecule has 1 nitrogen and oxygen atoms in total. The zero-order valence-corrected chi connectivity index (χ0v) is 9.13. The number of benzene rings is 1. The Labute approximate surface area is 91.8 Å². The fourth-order valence-corrected chi connectivity index (χ4v) is 1.32. The van der Waals surface area contributed by atoms with Gasteiger partial charge < -0.3 is 5.11 Å². The lowest BCUT2D eigenvalue weighted by molar-refractivity contribution is 0.211. The lowest BCUT2D eigenvalue weighted by Gasteiger charge is -1.99. The Bertz CT molecular complexity index is 311. The van der Waals surface area contributed by atoms with E-state index in [1.54, 1.807) is 0 Å². The van der Waals surface area contributed by atoms with Crippen molar-refractivity contribution in [2.75, 3.05) is 0 Å². The van der Waals surface area contributed by atoms with Gasteiger partial charge in [0.1, 0.15) is 0 Å². The first-order valence-corrected chi connectivity index (χ1v) is 5.41. The third kappa shape index (κ3) is 5.18. The second kappa shape index (κ2) is 7.02. The average Bonchev–Trinajstić information content (AvgIpc) is 2.26. The summed E-state index contributed by atoms with van der Waals surface area (Å²) in [6.45, 7) is 2.07. The Morgan fingerprint density at radius 3 is 2.60 bits per heavy atom. The van der Waals surface area contributed by atoms with Gasteiger partial charge in [-0.3, -0.25) is 0 Å². The van der Waals surface area contributed by atoms with Gasteiger partial charge in [0, 0.05) is 0 Å². The first kappa shape index (κ1) is 11.7. The van der Waals surface area contributed by atoms with Gasteiger partial charge in [0.15, 0.2) is 0 Å². The lowest BCUT2D eigenvalue weighted by Crippen LogP contribution is -1.99. The molecule has 1 heteroatoms. The maximum Gasteiger partial charge on any atom is 0.0723 e.